The molecule has 0 amide bonds. The zero-order valence-corrected chi connectivity index (χ0v) is 20.5. The first-order chi connectivity index (χ1) is 15.5. The van der Waals surface area contributed by atoms with Crippen LogP contribution < -0.4 is 15.4 Å². The largest absolute Gasteiger partial charge is 0.573 e. The Balaban J connectivity index is 2.02. The standard InChI is InChI=1S/C22H21ClF3IN4O2/c1-12(2)19(11-32)30-21-29-18(13-4-3-5-15(8-13)33-22(24,25)26)10-20(31-21)28-17-7-6-14(27)9-16(17)23/h3-10,12,19,32H,11H2,1-2H3,(H2,28,29,30,31)/t19-/m1/s1. The second-order valence-corrected chi connectivity index (χ2v) is 9.12. The molecule has 2 aromatic carbocycles. The van der Waals surface area contributed by atoms with Gasteiger partial charge in [-0.2, -0.15) is 4.98 Å². The first-order valence-electron chi connectivity index (χ1n) is 9.89. The maximum Gasteiger partial charge on any atom is 0.573 e. The van der Waals surface area contributed by atoms with Gasteiger partial charge in [0.05, 0.1) is 29.1 Å². The highest BCUT2D eigenvalue weighted by Gasteiger charge is 2.31. The lowest BCUT2D eigenvalue weighted by Crippen LogP contribution is -2.30. The van der Waals surface area contributed by atoms with Gasteiger partial charge in [-0.3, -0.25) is 0 Å². The van der Waals surface area contributed by atoms with Crippen LogP contribution in [0, 0.1) is 9.49 Å². The Morgan fingerprint density at radius 2 is 1.88 bits per heavy atom. The summed E-state index contributed by atoms with van der Waals surface area (Å²) in [6.45, 7) is 3.71. The molecular formula is C22H21ClF3IN4O2. The fourth-order valence-electron chi connectivity index (χ4n) is 2.89. The van der Waals surface area contributed by atoms with Gasteiger partial charge in [-0.25, -0.2) is 4.98 Å². The molecule has 0 saturated carbocycles. The summed E-state index contributed by atoms with van der Waals surface area (Å²) in [5.41, 5.74) is 1.35. The normalized spacial score (nSPS) is 12.5. The van der Waals surface area contributed by atoms with E-state index in [9.17, 15) is 18.3 Å². The van der Waals surface area contributed by atoms with Gasteiger partial charge in [-0.05, 0) is 58.8 Å². The van der Waals surface area contributed by atoms with E-state index in [0.717, 1.165) is 3.57 Å². The summed E-state index contributed by atoms with van der Waals surface area (Å²) in [7, 11) is 0. The number of aliphatic hydroxyl groups is 1. The van der Waals surface area contributed by atoms with Crippen LogP contribution in [-0.4, -0.2) is 34.1 Å². The Labute approximate surface area is 207 Å². The molecule has 1 heterocycles. The van der Waals surface area contributed by atoms with Crippen LogP contribution in [0.25, 0.3) is 11.3 Å². The fourth-order valence-corrected chi connectivity index (χ4v) is 3.80. The lowest BCUT2D eigenvalue weighted by molar-refractivity contribution is -0.274. The molecule has 3 aromatic rings. The van der Waals surface area contributed by atoms with Crippen molar-refractivity contribution in [3.63, 3.8) is 0 Å². The third-order valence-electron chi connectivity index (χ3n) is 4.60. The average Bonchev–Trinajstić information content (AvgIpc) is 2.72. The number of hydrogen-bond donors (Lipinski definition) is 3. The minimum atomic E-state index is -4.81. The number of benzene rings is 2. The van der Waals surface area contributed by atoms with Crippen LogP contribution in [-0.2, 0) is 0 Å². The molecule has 0 fully saturated rings. The number of rotatable bonds is 8. The van der Waals surface area contributed by atoms with Crippen LogP contribution >= 0.6 is 34.2 Å². The van der Waals surface area contributed by atoms with Crippen LogP contribution in [0.15, 0.2) is 48.5 Å². The highest BCUT2D eigenvalue weighted by molar-refractivity contribution is 14.1. The van der Waals surface area contributed by atoms with Crippen molar-refractivity contribution in [1.82, 2.24) is 9.97 Å². The van der Waals surface area contributed by atoms with Crippen molar-refractivity contribution < 1.29 is 23.0 Å². The van der Waals surface area contributed by atoms with E-state index in [1.54, 1.807) is 24.3 Å². The van der Waals surface area contributed by atoms with Gasteiger partial charge >= 0.3 is 6.36 Å². The van der Waals surface area contributed by atoms with Crippen molar-refractivity contribution in [2.75, 3.05) is 17.2 Å². The molecule has 0 saturated heterocycles. The number of ether oxygens (including phenoxy) is 1. The molecule has 0 unspecified atom stereocenters. The van der Waals surface area contributed by atoms with E-state index in [-0.39, 0.29) is 30.3 Å². The van der Waals surface area contributed by atoms with Crippen molar-refractivity contribution in [3.05, 3.63) is 57.1 Å². The fraction of sp³-hybridized carbons (Fsp3) is 0.273. The van der Waals surface area contributed by atoms with Crippen LogP contribution in [0.3, 0.4) is 0 Å². The summed E-state index contributed by atoms with van der Waals surface area (Å²) in [5, 5.41) is 16.4. The van der Waals surface area contributed by atoms with E-state index in [2.05, 4.69) is 47.9 Å². The molecule has 0 spiro atoms. The van der Waals surface area contributed by atoms with Gasteiger partial charge in [0.15, 0.2) is 0 Å². The number of anilines is 3. The second kappa shape index (κ2) is 10.7. The minimum absolute atomic E-state index is 0.0767. The molecule has 176 valence electrons. The Bertz CT molecular complexity index is 1120. The third kappa shape index (κ3) is 7.34. The third-order valence-corrected chi connectivity index (χ3v) is 5.58. The smallest absolute Gasteiger partial charge is 0.406 e. The van der Waals surface area contributed by atoms with Crippen LogP contribution in [0.1, 0.15) is 13.8 Å². The van der Waals surface area contributed by atoms with Gasteiger partial charge in [0, 0.05) is 15.2 Å². The van der Waals surface area contributed by atoms with E-state index in [1.807, 2.05) is 19.9 Å². The van der Waals surface area contributed by atoms with Gasteiger partial charge in [0.25, 0.3) is 0 Å². The molecular weight excluding hydrogens is 572 g/mol. The van der Waals surface area contributed by atoms with Gasteiger partial charge in [-0.15, -0.1) is 13.2 Å². The number of halogens is 5. The maximum atomic E-state index is 12.7. The number of hydrogen-bond acceptors (Lipinski definition) is 6. The quantitative estimate of drug-likeness (QED) is 0.260. The molecule has 0 aliphatic carbocycles. The summed E-state index contributed by atoms with van der Waals surface area (Å²) in [5.74, 6) is 0.284. The van der Waals surface area contributed by atoms with Crippen molar-refractivity contribution >= 4 is 51.6 Å². The average molecular weight is 593 g/mol. The van der Waals surface area contributed by atoms with E-state index in [1.165, 1.54) is 18.2 Å². The first kappa shape index (κ1) is 25.3. The molecule has 0 radical (unpaired) electrons. The lowest BCUT2D eigenvalue weighted by atomic mass is 10.1. The molecule has 1 atom stereocenters. The van der Waals surface area contributed by atoms with E-state index < -0.39 is 6.36 Å². The SMILES string of the molecule is CC(C)[C@@H](CO)Nc1nc(Nc2ccc(I)cc2Cl)cc(-c2cccc(OC(F)(F)F)c2)n1. The number of aromatic nitrogens is 2. The number of nitrogens with one attached hydrogen (secondary N) is 2. The predicted octanol–water partition coefficient (Wildman–Crippen LogP) is 6.47. The second-order valence-electron chi connectivity index (χ2n) is 7.46. The van der Waals surface area contributed by atoms with E-state index in [0.29, 0.717) is 27.8 Å². The van der Waals surface area contributed by atoms with Crippen LogP contribution in [0.2, 0.25) is 5.02 Å². The monoisotopic (exact) mass is 592 g/mol. The first-order valence-corrected chi connectivity index (χ1v) is 11.3. The lowest BCUT2D eigenvalue weighted by Gasteiger charge is -2.21. The summed E-state index contributed by atoms with van der Waals surface area (Å²) in [6.07, 6.45) is -4.81. The molecule has 1 aromatic heterocycles. The Morgan fingerprint density at radius 1 is 1.12 bits per heavy atom. The number of alkyl halides is 3. The maximum absolute atomic E-state index is 12.7. The zero-order chi connectivity index (χ0) is 24.2. The predicted molar refractivity (Wildman–Crippen MR) is 131 cm³/mol. The molecule has 6 nitrogen and oxygen atoms in total. The van der Waals surface area contributed by atoms with E-state index >= 15 is 0 Å². The van der Waals surface area contributed by atoms with Crippen LogP contribution in [0.4, 0.5) is 30.6 Å². The van der Waals surface area contributed by atoms with Crippen molar-refractivity contribution in [3.8, 4) is 17.0 Å². The molecule has 0 aliphatic rings. The van der Waals surface area contributed by atoms with Crippen molar-refractivity contribution in [2.24, 2.45) is 5.92 Å². The number of nitrogens with zero attached hydrogens (tertiary/aromatic N) is 2. The Kier molecular flexibility index (Phi) is 8.24. The highest BCUT2D eigenvalue weighted by atomic mass is 127. The molecule has 0 aliphatic heterocycles. The van der Waals surface area contributed by atoms with Gasteiger partial charge < -0.3 is 20.5 Å². The van der Waals surface area contributed by atoms with Gasteiger partial charge in [0.1, 0.15) is 11.6 Å². The van der Waals surface area contributed by atoms with Crippen LogP contribution in [0.5, 0.6) is 5.75 Å². The molecule has 3 rings (SSSR count). The highest BCUT2D eigenvalue weighted by Crippen LogP contribution is 2.31. The van der Waals surface area contributed by atoms with Crippen molar-refractivity contribution in [1.29, 1.82) is 0 Å². The zero-order valence-electron chi connectivity index (χ0n) is 17.6. The summed E-state index contributed by atoms with van der Waals surface area (Å²) >= 11 is 8.47. The molecule has 33 heavy (non-hydrogen) atoms. The number of aliphatic hydroxyl groups excluding tert-OH is 1. The van der Waals surface area contributed by atoms with Gasteiger partial charge in [0.2, 0.25) is 5.95 Å². The summed E-state index contributed by atoms with van der Waals surface area (Å²) in [6, 6.07) is 12.2. The summed E-state index contributed by atoms with van der Waals surface area (Å²) < 4.78 is 43.0. The topological polar surface area (TPSA) is 79.3 Å². The Hall–Kier alpha value is -2.31. The Morgan fingerprint density at radius 3 is 2.52 bits per heavy atom. The molecule has 3 N–H and O–H groups in total. The molecule has 0 bridgehead atoms. The van der Waals surface area contributed by atoms with Crippen molar-refractivity contribution in [2.45, 2.75) is 26.3 Å². The van der Waals surface area contributed by atoms with E-state index in [4.69, 9.17) is 11.6 Å². The minimum Gasteiger partial charge on any atom is -0.406 e. The van der Waals surface area contributed by atoms with Gasteiger partial charge in [-0.1, -0.05) is 37.6 Å². The molecule has 11 heteroatoms. The summed E-state index contributed by atoms with van der Waals surface area (Å²) in [4.78, 5) is 8.90.